The third-order valence-corrected chi connectivity index (χ3v) is 4.47. The highest BCUT2D eigenvalue weighted by Gasteiger charge is 2.31. The topological polar surface area (TPSA) is 39.7 Å². The minimum absolute atomic E-state index is 0.477. The molecule has 22 heavy (non-hydrogen) atoms. The van der Waals surface area contributed by atoms with Crippen molar-refractivity contribution in [2.45, 2.75) is 39.3 Å². The molecule has 0 spiro atoms. The molecule has 0 bridgehead atoms. The molecule has 1 aromatic carbocycles. The lowest BCUT2D eigenvalue weighted by Crippen LogP contribution is -2.47. The summed E-state index contributed by atoms with van der Waals surface area (Å²) in [5, 5.41) is 7.01. The molecule has 1 aliphatic rings. The molecule has 4 nitrogen and oxygen atoms in total. The second kappa shape index (κ2) is 8.18. The van der Waals surface area contributed by atoms with E-state index in [0.717, 1.165) is 32.0 Å². The van der Waals surface area contributed by atoms with Gasteiger partial charge in [0.1, 0.15) is 0 Å². The summed E-state index contributed by atoms with van der Waals surface area (Å²) in [6, 6.07) is 11.6. The van der Waals surface area contributed by atoms with Crippen LogP contribution in [0.3, 0.4) is 0 Å². The maximum atomic E-state index is 4.36. The van der Waals surface area contributed by atoms with Crippen molar-refractivity contribution in [3.8, 4) is 0 Å². The van der Waals surface area contributed by atoms with Gasteiger partial charge in [-0.3, -0.25) is 9.89 Å². The molecule has 1 saturated heterocycles. The first-order valence-corrected chi connectivity index (χ1v) is 8.35. The molecule has 1 aromatic rings. The van der Waals surface area contributed by atoms with E-state index >= 15 is 0 Å². The highest BCUT2D eigenvalue weighted by Crippen LogP contribution is 2.18. The van der Waals surface area contributed by atoms with Crippen LogP contribution in [0.5, 0.6) is 0 Å². The van der Waals surface area contributed by atoms with Crippen molar-refractivity contribution in [3.05, 3.63) is 35.9 Å². The number of aliphatic imine (C=N–C) groups is 1. The van der Waals surface area contributed by atoms with E-state index in [0.29, 0.717) is 18.0 Å². The molecule has 2 unspecified atom stereocenters. The van der Waals surface area contributed by atoms with Crippen molar-refractivity contribution < 1.29 is 0 Å². The van der Waals surface area contributed by atoms with E-state index in [1.807, 2.05) is 7.05 Å². The van der Waals surface area contributed by atoms with Crippen molar-refractivity contribution in [1.82, 2.24) is 15.5 Å². The number of nitrogens with zero attached hydrogens (tertiary/aromatic N) is 2. The summed E-state index contributed by atoms with van der Waals surface area (Å²) in [5.74, 6) is 1.56. The van der Waals surface area contributed by atoms with Crippen molar-refractivity contribution in [2.75, 3.05) is 26.7 Å². The molecule has 2 rings (SSSR count). The van der Waals surface area contributed by atoms with Gasteiger partial charge in [-0.1, -0.05) is 37.3 Å². The molecule has 0 radical (unpaired) electrons. The minimum atomic E-state index is 0.477. The van der Waals surface area contributed by atoms with Crippen molar-refractivity contribution in [3.63, 3.8) is 0 Å². The molecule has 2 N–H and O–H groups in total. The zero-order valence-electron chi connectivity index (χ0n) is 14.3. The average molecular weight is 302 g/mol. The predicted octanol–water partition coefficient (Wildman–Crippen LogP) is 2.12. The summed E-state index contributed by atoms with van der Waals surface area (Å²) in [6.07, 6.45) is 1.01. The molecular formula is C18H30N4. The molecule has 0 aromatic heterocycles. The number of benzene rings is 1. The molecule has 0 amide bonds. The molecule has 122 valence electrons. The Labute approximate surface area is 135 Å². The number of rotatable bonds is 5. The second-order valence-electron chi connectivity index (χ2n) is 6.51. The number of guanidine groups is 1. The lowest BCUT2D eigenvalue weighted by atomic mass is 10.1. The zero-order valence-corrected chi connectivity index (χ0v) is 14.3. The molecule has 4 heteroatoms. The van der Waals surface area contributed by atoms with Gasteiger partial charge in [-0.2, -0.15) is 0 Å². The van der Waals surface area contributed by atoms with Crippen LogP contribution in [0.4, 0.5) is 0 Å². The van der Waals surface area contributed by atoms with E-state index in [-0.39, 0.29) is 0 Å². The van der Waals surface area contributed by atoms with E-state index in [1.54, 1.807) is 0 Å². The molecule has 2 atom stereocenters. The van der Waals surface area contributed by atoms with Gasteiger partial charge in [0.25, 0.3) is 0 Å². The quantitative estimate of drug-likeness (QED) is 0.646. The van der Waals surface area contributed by atoms with Gasteiger partial charge in [-0.15, -0.1) is 0 Å². The van der Waals surface area contributed by atoms with Crippen LogP contribution in [-0.4, -0.2) is 49.6 Å². The third-order valence-electron chi connectivity index (χ3n) is 4.47. The molecule has 0 saturated carbocycles. The monoisotopic (exact) mass is 302 g/mol. The maximum absolute atomic E-state index is 4.36. The molecule has 1 aliphatic heterocycles. The van der Waals surface area contributed by atoms with Crippen LogP contribution in [0.2, 0.25) is 0 Å². The normalized spacial score (nSPS) is 23.0. The van der Waals surface area contributed by atoms with Crippen LogP contribution in [0.15, 0.2) is 35.3 Å². The largest absolute Gasteiger partial charge is 0.356 e. The van der Waals surface area contributed by atoms with Crippen molar-refractivity contribution in [2.24, 2.45) is 10.9 Å². The van der Waals surface area contributed by atoms with Crippen molar-refractivity contribution in [1.29, 1.82) is 0 Å². The van der Waals surface area contributed by atoms with Crippen LogP contribution in [0.1, 0.15) is 26.3 Å². The van der Waals surface area contributed by atoms with Crippen LogP contribution < -0.4 is 10.6 Å². The first-order chi connectivity index (χ1) is 10.6. The van der Waals surface area contributed by atoms with Gasteiger partial charge < -0.3 is 10.6 Å². The van der Waals surface area contributed by atoms with Crippen LogP contribution in [-0.2, 0) is 6.42 Å². The summed E-state index contributed by atoms with van der Waals surface area (Å²) in [4.78, 5) is 6.89. The fourth-order valence-electron chi connectivity index (χ4n) is 2.95. The van der Waals surface area contributed by atoms with Gasteiger partial charge in [0.15, 0.2) is 5.96 Å². The Morgan fingerprint density at radius 3 is 2.59 bits per heavy atom. The summed E-state index contributed by atoms with van der Waals surface area (Å²) in [6.45, 7) is 10.0. The number of nitrogens with one attached hydrogen (secondary N) is 2. The first-order valence-electron chi connectivity index (χ1n) is 8.35. The van der Waals surface area contributed by atoms with E-state index in [4.69, 9.17) is 0 Å². The van der Waals surface area contributed by atoms with Gasteiger partial charge in [-0.05, 0) is 31.7 Å². The Morgan fingerprint density at radius 2 is 2.00 bits per heavy atom. The fraction of sp³-hybridized carbons (Fsp3) is 0.611. The van der Waals surface area contributed by atoms with Gasteiger partial charge >= 0.3 is 0 Å². The Kier molecular flexibility index (Phi) is 6.25. The van der Waals surface area contributed by atoms with E-state index in [2.05, 4.69) is 71.6 Å². The van der Waals surface area contributed by atoms with Gasteiger partial charge in [0.05, 0.1) is 0 Å². The Balaban J connectivity index is 1.78. The first kappa shape index (κ1) is 16.8. The highest BCUT2D eigenvalue weighted by atomic mass is 15.3. The summed E-state index contributed by atoms with van der Waals surface area (Å²) >= 11 is 0. The van der Waals surface area contributed by atoms with Crippen molar-refractivity contribution >= 4 is 5.96 Å². The van der Waals surface area contributed by atoms with E-state index in [1.165, 1.54) is 5.56 Å². The van der Waals surface area contributed by atoms with Gasteiger partial charge in [0, 0.05) is 38.8 Å². The number of hydrogen-bond acceptors (Lipinski definition) is 2. The molecule has 0 aliphatic carbocycles. The third kappa shape index (κ3) is 4.73. The average Bonchev–Trinajstić information content (AvgIpc) is 2.88. The van der Waals surface area contributed by atoms with E-state index in [9.17, 15) is 0 Å². The van der Waals surface area contributed by atoms with Gasteiger partial charge in [-0.25, -0.2) is 0 Å². The fourth-order valence-corrected chi connectivity index (χ4v) is 2.95. The number of hydrogen-bond donors (Lipinski definition) is 2. The molecule has 1 fully saturated rings. The smallest absolute Gasteiger partial charge is 0.191 e. The Hall–Kier alpha value is -1.55. The van der Waals surface area contributed by atoms with Crippen LogP contribution in [0.25, 0.3) is 0 Å². The second-order valence-corrected chi connectivity index (χ2v) is 6.51. The highest BCUT2D eigenvalue weighted by molar-refractivity contribution is 5.80. The van der Waals surface area contributed by atoms with Gasteiger partial charge in [0.2, 0.25) is 0 Å². The minimum Gasteiger partial charge on any atom is -0.356 e. The predicted molar refractivity (Wildman–Crippen MR) is 94.3 cm³/mol. The summed E-state index contributed by atoms with van der Waals surface area (Å²) in [7, 11) is 1.84. The molecule has 1 heterocycles. The zero-order chi connectivity index (χ0) is 15.9. The van der Waals surface area contributed by atoms with Crippen LogP contribution in [0, 0.1) is 5.92 Å². The number of likely N-dealkylation sites (tertiary alicyclic amines) is 1. The molecular weight excluding hydrogens is 272 g/mol. The lowest BCUT2D eigenvalue weighted by Gasteiger charge is -2.22. The van der Waals surface area contributed by atoms with E-state index < -0.39 is 0 Å². The maximum Gasteiger partial charge on any atom is 0.191 e. The summed E-state index contributed by atoms with van der Waals surface area (Å²) < 4.78 is 0. The Bertz CT molecular complexity index is 469. The SMILES string of the molecule is CN=C(NCCc1ccccc1)NC1CN(C(C)C)CC1C. The summed E-state index contributed by atoms with van der Waals surface area (Å²) in [5.41, 5.74) is 1.35. The lowest BCUT2D eigenvalue weighted by molar-refractivity contribution is 0.265. The van der Waals surface area contributed by atoms with Crippen LogP contribution >= 0.6 is 0 Å². The Morgan fingerprint density at radius 1 is 1.27 bits per heavy atom. The standard InChI is InChI=1S/C18H30N4/c1-14(2)22-12-15(3)17(13-22)21-18(19-4)20-11-10-16-8-6-5-7-9-16/h5-9,14-15,17H,10-13H2,1-4H3,(H2,19,20,21).